The van der Waals surface area contributed by atoms with Crippen LogP contribution in [0.2, 0.25) is 0 Å². The van der Waals surface area contributed by atoms with Crippen molar-refractivity contribution in [1.29, 1.82) is 0 Å². The van der Waals surface area contributed by atoms with E-state index in [0.29, 0.717) is 10.0 Å². The molecule has 1 atom stereocenters. The Balaban J connectivity index is 2.73. The van der Waals surface area contributed by atoms with Gasteiger partial charge in [-0.05, 0) is 40.3 Å². The molecule has 0 bridgehead atoms. The van der Waals surface area contributed by atoms with Crippen LogP contribution in [-0.4, -0.2) is 0 Å². The number of benzene rings is 1. The van der Waals surface area contributed by atoms with Gasteiger partial charge in [0, 0.05) is 11.6 Å². The Hall–Kier alpha value is -0.410. The van der Waals surface area contributed by atoms with Crippen LogP contribution in [-0.2, 0) is 0 Å². The predicted octanol–water partition coefficient (Wildman–Crippen LogP) is 4.41. The zero-order chi connectivity index (χ0) is 12.3. The monoisotopic (exact) mass is 287 g/mol. The highest BCUT2D eigenvalue weighted by Crippen LogP contribution is 2.29. The third-order valence-corrected chi connectivity index (χ3v) is 3.20. The molecule has 0 saturated carbocycles. The highest BCUT2D eigenvalue weighted by atomic mass is 79.9. The third kappa shape index (κ3) is 3.87. The fourth-order valence-corrected chi connectivity index (χ4v) is 1.93. The van der Waals surface area contributed by atoms with E-state index in [1.807, 2.05) is 6.07 Å². The minimum absolute atomic E-state index is 0.225. The summed E-state index contributed by atoms with van der Waals surface area (Å²) in [7, 11) is 0. The quantitative estimate of drug-likeness (QED) is 0.875. The Morgan fingerprint density at radius 2 is 2.00 bits per heavy atom. The molecule has 0 aromatic heterocycles. The van der Waals surface area contributed by atoms with Gasteiger partial charge in [-0.2, -0.15) is 0 Å². The van der Waals surface area contributed by atoms with Crippen molar-refractivity contribution in [2.45, 2.75) is 39.7 Å². The molecule has 0 aliphatic carbocycles. The molecular formula is C13H19BrFN. The first-order chi connectivity index (χ1) is 7.31. The minimum Gasteiger partial charge on any atom is -0.324 e. The van der Waals surface area contributed by atoms with E-state index in [9.17, 15) is 4.39 Å². The molecule has 1 aromatic rings. The smallest absolute Gasteiger partial charge is 0.142 e. The topological polar surface area (TPSA) is 26.0 Å². The van der Waals surface area contributed by atoms with Crippen molar-refractivity contribution in [3.63, 3.8) is 0 Å². The molecule has 0 heterocycles. The second-order valence-electron chi connectivity index (χ2n) is 5.35. The highest BCUT2D eigenvalue weighted by Gasteiger charge is 2.17. The van der Waals surface area contributed by atoms with E-state index in [1.54, 1.807) is 12.1 Å². The van der Waals surface area contributed by atoms with Crippen LogP contribution in [0.15, 0.2) is 22.7 Å². The molecule has 3 heteroatoms. The second kappa shape index (κ2) is 5.28. The summed E-state index contributed by atoms with van der Waals surface area (Å²) in [6.45, 7) is 6.49. The SMILES string of the molecule is CC(C)(C)CCC(N)c1cccc(Br)c1F. The largest absolute Gasteiger partial charge is 0.324 e. The van der Waals surface area contributed by atoms with Crippen molar-refractivity contribution in [2.24, 2.45) is 11.1 Å². The molecular weight excluding hydrogens is 269 g/mol. The van der Waals surface area contributed by atoms with E-state index in [4.69, 9.17) is 5.73 Å². The van der Waals surface area contributed by atoms with Crippen LogP contribution >= 0.6 is 15.9 Å². The molecule has 0 amide bonds. The Morgan fingerprint density at radius 1 is 1.38 bits per heavy atom. The Morgan fingerprint density at radius 3 is 2.56 bits per heavy atom. The molecule has 1 nitrogen and oxygen atoms in total. The van der Waals surface area contributed by atoms with Crippen LogP contribution in [0.25, 0.3) is 0 Å². The Labute approximate surface area is 105 Å². The Bertz CT molecular complexity index is 357. The summed E-state index contributed by atoms with van der Waals surface area (Å²) in [5, 5.41) is 0. The first-order valence-corrected chi connectivity index (χ1v) is 6.30. The van der Waals surface area contributed by atoms with E-state index in [0.717, 1.165) is 12.8 Å². The summed E-state index contributed by atoms with van der Waals surface area (Å²) in [5.74, 6) is -0.232. The molecule has 1 aromatic carbocycles. The number of nitrogens with two attached hydrogens (primary N) is 1. The van der Waals surface area contributed by atoms with Crippen LogP contribution in [0.5, 0.6) is 0 Å². The van der Waals surface area contributed by atoms with Gasteiger partial charge in [-0.3, -0.25) is 0 Å². The van der Waals surface area contributed by atoms with E-state index in [2.05, 4.69) is 36.7 Å². The molecule has 0 spiro atoms. The van der Waals surface area contributed by atoms with E-state index >= 15 is 0 Å². The van der Waals surface area contributed by atoms with Crippen molar-refractivity contribution >= 4 is 15.9 Å². The molecule has 0 fully saturated rings. The summed E-state index contributed by atoms with van der Waals surface area (Å²) in [6.07, 6.45) is 1.79. The average Bonchev–Trinajstić information content (AvgIpc) is 2.17. The Kier molecular flexibility index (Phi) is 4.51. The van der Waals surface area contributed by atoms with Gasteiger partial charge in [-0.1, -0.05) is 32.9 Å². The molecule has 90 valence electrons. The van der Waals surface area contributed by atoms with Crippen molar-refractivity contribution in [2.75, 3.05) is 0 Å². The summed E-state index contributed by atoms with van der Waals surface area (Å²) in [6, 6.07) is 5.04. The average molecular weight is 288 g/mol. The van der Waals surface area contributed by atoms with Gasteiger partial charge in [-0.15, -0.1) is 0 Å². The van der Waals surface area contributed by atoms with Crippen molar-refractivity contribution in [3.8, 4) is 0 Å². The van der Waals surface area contributed by atoms with Gasteiger partial charge in [0.1, 0.15) is 5.82 Å². The first kappa shape index (κ1) is 13.7. The van der Waals surface area contributed by atoms with Gasteiger partial charge in [-0.25, -0.2) is 4.39 Å². The fraction of sp³-hybridized carbons (Fsp3) is 0.538. The van der Waals surface area contributed by atoms with Gasteiger partial charge in [0.05, 0.1) is 4.47 Å². The lowest BCUT2D eigenvalue weighted by molar-refractivity contribution is 0.347. The maximum absolute atomic E-state index is 13.7. The zero-order valence-corrected chi connectivity index (χ0v) is 11.6. The number of halogens is 2. The molecule has 2 N–H and O–H groups in total. The molecule has 1 rings (SSSR count). The first-order valence-electron chi connectivity index (χ1n) is 5.51. The molecule has 1 unspecified atom stereocenters. The normalized spacial score (nSPS) is 13.9. The summed E-state index contributed by atoms with van der Waals surface area (Å²) >= 11 is 3.17. The van der Waals surface area contributed by atoms with Crippen LogP contribution in [0.1, 0.15) is 45.2 Å². The van der Waals surface area contributed by atoms with Gasteiger partial charge < -0.3 is 5.73 Å². The van der Waals surface area contributed by atoms with E-state index in [1.165, 1.54) is 0 Å². The van der Waals surface area contributed by atoms with Crippen LogP contribution in [0.3, 0.4) is 0 Å². The van der Waals surface area contributed by atoms with Crippen molar-refractivity contribution in [3.05, 3.63) is 34.1 Å². The number of rotatable bonds is 3. The lowest BCUT2D eigenvalue weighted by Gasteiger charge is -2.21. The highest BCUT2D eigenvalue weighted by molar-refractivity contribution is 9.10. The van der Waals surface area contributed by atoms with Crippen LogP contribution in [0.4, 0.5) is 4.39 Å². The minimum atomic E-state index is -0.232. The summed E-state index contributed by atoms with van der Waals surface area (Å²) in [5.41, 5.74) is 6.84. The second-order valence-corrected chi connectivity index (χ2v) is 6.20. The third-order valence-electron chi connectivity index (χ3n) is 2.59. The predicted molar refractivity (Wildman–Crippen MR) is 69.7 cm³/mol. The summed E-state index contributed by atoms with van der Waals surface area (Å²) in [4.78, 5) is 0. The van der Waals surface area contributed by atoms with Crippen LogP contribution < -0.4 is 5.73 Å². The number of hydrogen-bond donors (Lipinski definition) is 1. The number of hydrogen-bond acceptors (Lipinski definition) is 1. The lowest BCUT2D eigenvalue weighted by Crippen LogP contribution is -2.16. The molecule has 0 aliphatic heterocycles. The molecule has 0 saturated heterocycles. The maximum Gasteiger partial charge on any atom is 0.142 e. The standard InChI is InChI=1S/C13H19BrFN/c1-13(2,3)8-7-11(16)9-5-4-6-10(14)12(9)15/h4-6,11H,7-8,16H2,1-3H3. The molecule has 0 radical (unpaired) electrons. The van der Waals surface area contributed by atoms with Gasteiger partial charge in [0.2, 0.25) is 0 Å². The van der Waals surface area contributed by atoms with Gasteiger partial charge >= 0.3 is 0 Å². The van der Waals surface area contributed by atoms with Gasteiger partial charge in [0.15, 0.2) is 0 Å². The maximum atomic E-state index is 13.7. The summed E-state index contributed by atoms with van der Waals surface area (Å²) < 4.78 is 14.2. The van der Waals surface area contributed by atoms with E-state index < -0.39 is 0 Å². The fourth-order valence-electron chi connectivity index (χ4n) is 1.55. The zero-order valence-electron chi connectivity index (χ0n) is 10.1. The van der Waals surface area contributed by atoms with E-state index in [-0.39, 0.29) is 17.3 Å². The molecule has 16 heavy (non-hydrogen) atoms. The lowest BCUT2D eigenvalue weighted by atomic mass is 9.87. The van der Waals surface area contributed by atoms with Crippen molar-refractivity contribution in [1.82, 2.24) is 0 Å². The van der Waals surface area contributed by atoms with Crippen molar-refractivity contribution < 1.29 is 4.39 Å². The van der Waals surface area contributed by atoms with Crippen LogP contribution in [0, 0.1) is 11.2 Å². The molecule has 0 aliphatic rings. The van der Waals surface area contributed by atoms with Gasteiger partial charge in [0.25, 0.3) is 0 Å².